The van der Waals surface area contributed by atoms with Crippen molar-refractivity contribution in [1.82, 2.24) is 14.3 Å². The molecule has 0 saturated carbocycles. The summed E-state index contributed by atoms with van der Waals surface area (Å²) in [6, 6.07) is 14.2. The Hall–Kier alpha value is -2.33. The van der Waals surface area contributed by atoms with Gasteiger partial charge in [0.25, 0.3) is 0 Å². The van der Waals surface area contributed by atoms with Gasteiger partial charge in [-0.25, -0.2) is 4.98 Å². The van der Waals surface area contributed by atoms with Crippen LogP contribution in [0.2, 0.25) is 0 Å². The summed E-state index contributed by atoms with van der Waals surface area (Å²) in [5, 5.41) is 0. The number of anilines is 1. The Balaban J connectivity index is 1.76. The molecule has 0 aliphatic carbocycles. The highest BCUT2D eigenvalue weighted by Gasteiger charge is 2.20. The van der Waals surface area contributed by atoms with E-state index in [2.05, 4.69) is 40.6 Å². The lowest BCUT2D eigenvalue weighted by molar-refractivity contribution is 0.183. The standard InChI is InChI=1S/C20H24N4/c1-15-8-11-23(12-9-15)14-18-20(16-5-4-6-17(21)13-16)22-19-7-2-3-10-24(18)19/h2-7,10,13,15H,8-9,11-12,14,21H2,1H3. The van der Waals surface area contributed by atoms with E-state index in [-0.39, 0.29) is 0 Å². The first kappa shape index (κ1) is 15.2. The molecule has 1 aliphatic rings. The number of rotatable bonds is 3. The molecule has 4 nitrogen and oxygen atoms in total. The number of fused-ring (bicyclic) bond motifs is 1. The minimum absolute atomic E-state index is 0.780. The number of imidazole rings is 1. The van der Waals surface area contributed by atoms with Crippen LogP contribution in [0.25, 0.3) is 16.9 Å². The Kier molecular flexibility index (Phi) is 3.98. The van der Waals surface area contributed by atoms with Crippen LogP contribution in [0.5, 0.6) is 0 Å². The fourth-order valence-corrected chi connectivity index (χ4v) is 3.55. The molecule has 1 aromatic carbocycles. The molecule has 0 spiro atoms. The number of hydrogen-bond acceptors (Lipinski definition) is 3. The Morgan fingerprint density at radius 1 is 1.12 bits per heavy atom. The molecule has 1 aliphatic heterocycles. The number of nitrogens with zero attached hydrogens (tertiary/aromatic N) is 3. The molecule has 4 heteroatoms. The summed E-state index contributed by atoms with van der Waals surface area (Å²) in [5.41, 5.74) is 11.2. The summed E-state index contributed by atoms with van der Waals surface area (Å²) in [4.78, 5) is 7.43. The monoisotopic (exact) mass is 320 g/mol. The van der Waals surface area contributed by atoms with E-state index in [1.165, 1.54) is 18.5 Å². The van der Waals surface area contributed by atoms with E-state index in [0.717, 1.165) is 48.1 Å². The van der Waals surface area contributed by atoms with E-state index < -0.39 is 0 Å². The van der Waals surface area contributed by atoms with Crippen molar-refractivity contribution in [3.05, 3.63) is 54.4 Å². The average Bonchev–Trinajstić information content (AvgIpc) is 2.96. The number of aromatic nitrogens is 2. The molecular weight excluding hydrogens is 296 g/mol. The van der Waals surface area contributed by atoms with Gasteiger partial charge in [-0.2, -0.15) is 0 Å². The van der Waals surface area contributed by atoms with Crippen molar-refractivity contribution in [3.8, 4) is 11.3 Å². The molecule has 3 aromatic rings. The lowest BCUT2D eigenvalue weighted by atomic mass is 9.99. The Labute approximate surface area is 142 Å². The minimum Gasteiger partial charge on any atom is -0.399 e. The predicted octanol–water partition coefficient (Wildman–Crippen LogP) is 3.82. The van der Waals surface area contributed by atoms with E-state index in [9.17, 15) is 0 Å². The van der Waals surface area contributed by atoms with Gasteiger partial charge >= 0.3 is 0 Å². The molecule has 0 radical (unpaired) electrons. The van der Waals surface area contributed by atoms with Gasteiger partial charge in [-0.3, -0.25) is 4.90 Å². The van der Waals surface area contributed by atoms with Gasteiger partial charge in [0.15, 0.2) is 0 Å². The van der Waals surface area contributed by atoms with Crippen LogP contribution in [0.3, 0.4) is 0 Å². The third kappa shape index (κ3) is 2.89. The second-order valence-corrected chi connectivity index (χ2v) is 6.92. The number of nitrogens with two attached hydrogens (primary N) is 1. The molecule has 124 valence electrons. The van der Waals surface area contributed by atoms with Crippen molar-refractivity contribution in [2.45, 2.75) is 26.3 Å². The molecule has 1 fully saturated rings. The fraction of sp³-hybridized carbons (Fsp3) is 0.350. The normalized spacial score (nSPS) is 16.7. The van der Waals surface area contributed by atoms with E-state index in [0.29, 0.717) is 0 Å². The van der Waals surface area contributed by atoms with Crippen molar-refractivity contribution >= 4 is 11.3 Å². The number of nitrogen functional groups attached to an aromatic ring is 1. The zero-order chi connectivity index (χ0) is 16.5. The predicted molar refractivity (Wildman–Crippen MR) is 98.7 cm³/mol. The molecule has 2 aromatic heterocycles. The van der Waals surface area contributed by atoms with Crippen molar-refractivity contribution in [2.24, 2.45) is 5.92 Å². The lowest BCUT2D eigenvalue weighted by Gasteiger charge is -2.30. The third-order valence-electron chi connectivity index (χ3n) is 5.04. The lowest BCUT2D eigenvalue weighted by Crippen LogP contribution is -2.32. The number of pyridine rings is 1. The Bertz CT molecular complexity index is 844. The van der Waals surface area contributed by atoms with Gasteiger partial charge in [-0.05, 0) is 56.1 Å². The van der Waals surface area contributed by atoms with Crippen LogP contribution in [0.15, 0.2) is 48.7 Å². The van der Waals surface area contributed by atoms with Crippen LogP contribution in [0, 0.1) is 5.92 Å². The molecule has 0 unspecified atom stereocenters. The van der Waals surface area contributed by atoms with Crippen molar-refractivity contribution in [2.75, 3.05) is 18.8 Å². The van der Waals surface area contributed by atoms with Gasteiger partial charge in [0, 0.05) is 24.0 Å². The fourth-order valence-electron chi connectivity index (χ4n) is 3.55. The van der Waals surface area contributed by atoms with Crippen LogP contribution in [0.1, 0.15) is 25.5 Å². The van der Waals surface area contributed by atoms with Crippen molar-refractivity contribution in [1.29, 1.82) is 0 Å². The molecule has 0 atom stereocenters. The summed E-state index contributed by atoms with van der Waals surface area (Å²) in [7, 11) is 0. The Morgan fingerprint density at radius 3 is 2.75 bits per heavy atom. The average molecular weight is 320 g/mol. The van der Waals surface area contributed by atoms with E-state index in [1.807, 2.05) is 24.3 Å². The maximum Gasteiger partial charge on any atom is 0.137 e. The summed E-state index contributed by atoms with van der Waals surface area (Å²) >= 11 is 0. The summed E-state index contributed by atoms with van der Waals surface area (Å²) < 4.78 is 2.22. The zero-order valence-corrected chi connectivity index (χ0v) is 14.2. The number of likely N-dealkylation sites (tertiary alicyclic amines) is 1. The van der Waals surface area contributed by atoms with Crippen molar-refractivity contribution < 1.29 is 0 Å². The number of benzene rings is 1. The SMILES string of the molecule is CC1CCN(Cc2c(-c3cccc(N)c3)nc3ccccn23)CC1. The molecular formula is C20H24N4. The largest absolute Gasteiger partial charge is 0.399 e. The first-order valence-corrected chi connectivity index (χ1v) is 8.75. The van der Waals surface area contributed by atoms with Crippen LogP contribution in [-0.4, -0.2) is 27.4 Å². The zero-order valence-electron chi connectivity index (χ0n) is 14.2. The third-order valence-corrected chi connectivity index (χ3v) is 5.04. The smallest absolute Gasteiger partial charge is 0.137 e. The summed E-state index contributed by atoms with van der Waals surface area (Å²) in [6.45, 7) is 5.61. The van der Waals surface area contributed by atoms with Gasteiger partial charge in [0.2, 0.25) is 0 Å². The van der Waals surface area contributed by atoms with Crippen LogP contribution in [0.4, 0.5) is 5.69 Å². The molecule has 3 heterocycles. The minimum atomic E-state index is 0.780. The van der Waals surface area contributed by atoms with Gasteiger partial charge in [-0.1, -0.05) is 25.1 Å². The second-order valence-electron chi connectivity index (χ2n) is 6.92. The van der Waals surface area contributed by atoms with Crippen LogP contribution < -0.4 is 5.73 Å². The number of piperidine rings is 1. The summed E-state index contributed by atoms with van der Waals surface area (Å²) in [5.74, 6) is 0.844. The Morgan fingerprint density at radius 2 is 1.96 bits per heavy atom. The number of hydrogen-bond donors (Lipinski definition) is 1. The summed E-state index contributed by atoms with van der Waals surface area (Å²) in [6.07, 6.45) is 4.68. The van der Waals surface area contributed by atoms with Crippen LogP contribution in [-0.2, 0) is 6.54 Å². The van der Waals surface area contributed by atoms with Gasteiger partial charge in [0.05, 0.1) is 11.4 Å². The van der Waals surface area contributed by atoms with Gasteiger partial charge in [-0.15, -0.1) is 0 Å². The van der Waals surface area contributed by atoms with Gasteiger partial charge < -0.3 is 10.1 Å². The van der Waals surface area contributed by atoms with E-state index >= 15 is 0 Å². The molecule has 4 rings (SSSR count). The van der Waals surface area contributed by atoms with Gasteiger partial charge in [0.1, 0.15) is 5.65 Å². The quantitative estimate of drug-likeness (QED) is 0.746. The maximum absolute atomic E-state index is 5.99. The van der Waals surface area contributed by atoms with Crippen molar-refractivity contribution in [3.63, 3.8) is 0 Å². The van der Waals surface area contributed by atoms with E-state index in [1.54, 1.807) is 0 Å². The highest BCUT2D eigenvalue weighted by atomic mass is 15.2. The molecule has 0 amide bonds. The molecule has 1 saturated heterocycles. The first-order valence-electron chi connectivity index (χ1n) is 8.75. The highest BCUT2D eigenvalue weighted by Crippen LogP contribution is 2.28. The topological polar surface area (TPSA) is 46.6 Å². The maximum atomic E-state index is 5.99. The molecule has 2 N–H and O–H groups in total. The molecule has 0 bridgehead atoms. The van der Waals surface area contributed by atoms with Crippen LogP contribution >= 0.6 is 0 Å². The second kappa shape index (κ2) is 6.29. The molecule has 24 heavy (non-hydrogen) atoms. The van der Waals surface area contributed by atoms with E-state index in [4.69, 9.17) is 10.7 Å². The highest BCUT2D eigenvalue weighted by molar-refractivity contribution is 5.69. The first-order chi connectivity index (χ1) is 11.7.